The van der Waals surface area contributed by atoms with Crippen LogP contribution in [0.2, 0.25) is 0 Å². The van der Waals surface area contributed by atoms with Gasteiger partial charge in [0.15, 0.2) is 0 Å². The molecular formula is C18H22N2O4S. The lowest BCUT2D eigenvalue weighted by molar-refractivity contribution is 0.0951. The molecule has 1 amide bonds. The van der Waals surface area contributed by atoms with E-state index in [0.29, 0.717) is 18.5 Å². The Labute approximate surface area is 147 Å². The summed E-state index contributed by atoms with van der Waals surface area (Å²) in [5.74, 6) is -0.368. The molecule has 0 saturated heterocycles. The average molecular weight is 362 g/mol. The molecular weight excluding hydrogens is 340 g/mol. The zero-order valence-electron chi connectivity index (χ0n) is 14.0. The Balaban J connectivity index is 2.16. The van der Waals surface area contributed by atoms with Crippen LogP contribution in [0.4, 0.5) is 0 Å². The lowest BCUT2D eigenvalue weighted by Gasteiger charge is -2.11. The molecule has 0 bridgehead atoms. The van der Waals surface area contributed by atoms with Crippen LogP contribution in [0.15, 0.2) is 53.4 Å². The molecule has 0 spiro atoms. The molecule has 0 aliphatic rings. The molecule has 0 heterocycles. The van der Waals surface area contributed by atoms with E-state index in [2.05, 4.69) is 10.0 Å². The van der Waals surface area contributed by atoms with Gasteiger partial charge in [-0.3, -0.25) is 4.79 Å². The van der Waals surface area contributed by atoms with Gasteiger partial charge in [0.1, 0.15) is 0 Å². The number of nitrogens with one attached hydrogen (secondary N) is 2. The molecule has 0 aromatic heterocycles. The van der Waals surface area contributed by atoms with Gasteiger partial charge in [-0.25, -0.2) is 13.1 Å². The van der Waals surface area contributed by atoms with E-state index in [1.807, 2.05) is 30.3 Å². The fraction of sp³-hybridized carbons (Fsp3) is 0.278. The Morgan fingerprint density at radius 1 is 1.12 bits per heavy atom. The lowest BCUT2D eigenvalue weighted by Crippen LogP contribution is -2.27. The largest absolute Gasteiger partial charge is 0.396 e. The SMILES string of the molecule is Cc1ccc(C(=O)NCCCO)cc1S(=O)(=O)NCc1ccccc1. The summed E-state index contributed by atoms with van der Waals surface area (Å²) >= 11 is 0. The van der Waals surface area contributed by atoms with Crippen molar-refractivity contribution in [3.05, 3.63) is 65.2 Å². The minimum atomic E-state index is -3.74. The highest BCUT2D eigenvalue weighted by Crippen LogP contribution is 2.17. The van der Waals surface area contributed by atoms with E-state index in [4.69, 9.17) is 5.11 Å². The Morgan fingerprint density at radius 2 is 1.84 bits per heavy atom. The van der Waals surface area contributed by atoms with Crippen LogP contribution in [0.25, 0.3) is 0 Å². The Kier molecular flexibility index (Phi) is 6.69. The van der Waals surface area contributed by atoms with Crippen LogP contribution in [-0.4, -0.2) is 32.6 Å². The highest BCUT2D eigenvalue weighted by molar-refractivity contribution is 7.89. The predicted octanol–water partition coefficient (Wildman–Crippen LogP) is 1.59. The summed E-state index contributed by atoms with van der Waals surface area (Å²) in [6.07, 6.45) is 0.446. The van der Waals surface area contributed by atoms with Crippen LogP contribution >= 0.6 is 0 Å². The second kappa shape index (κ2) is 8.75. The van der Waals surface area contributed by atoms with Gasteiger partial charge in [0.25, 0.3) is 5.91 Å². The molecule has 2 rings (SSSR count). The molecule has 25 heavy (non-hydrogen) atoms. The third-order valence-corrected chi connectivity index (χ3v) is 5.21. The molecule has 0 atom stereocenters. The fourth-order valence-corrected chi connectivity index (χ4v) is 3.55. The van der Waals surface area contributed by atoms with Crippen molar-refractivity contribution in [1.82, 2.24) is 10.0 Å². The minimum absolute atomic E-state index is 0.0167. The highest BCUT2D eigenvalue weighted by Gasteiger charge is 2.19. The number of rotatable bonds is 8. The number of hydrogen-bond acceptors (Lipinski definition) is 4. The van der Waals surface area contributed by atoms with E-state index < -0.39 is 10.0 Å². The van der Waals surface area contributed by atoms with Crippen LogP contribution in [-0.2, 0) is 16.6 Å². The number of aryl methyl sites for hydroxylation is 1. The number of amides is 1. The van der Waals surface area contributed by atoms with Crippen molar-refractivity contribution in [2.75, 3.05) is 13.2 Å². The van der Waals surface area contributed by atoms with Gasteiger partial charge in [0.2, 0.25) is 10.0 Å². The topological polar surface area (TPSA) is 95.5 Å². The molecule has 2 aromatic rings. The molecule has 0 aliphatic carbocycles. The minimum Gasteiger partial charge on any atom is -0.396 e. The molecule has 7 heteroatoms. The maximum Gasteiger partial charge on any atom is 0.251 e. The van der Waals surface area contributed by atoms with Gasteiger partial charge in [-0.1, -0.05) is 36.4 Å². The monoisotopic (exact) mass is 362 g/mol. The standard InChI is InChI=1S/C18H22N2O4S/c1-14-8-9-16(18(22)19-10-5-11-21)12-17(14)25(23,24)20-13-15-6-3-2-4-7-15/h2-4,6-9,12,20-21H,5,10-11,13H2,1H3,(H,19,22). The lowest BCUT2D eigenvalue weighted by atomic mass is 10.1. The first-order chi connectivity index (χ1) is 11.9. The van der Waals surface area contributed by atoms with E-state index in [9.17, 15) is 13.2 Å². The average Bonchev–Trinajstić information content (AvgIpc) is 2.61. The summed E-state index contributed by atoms with van der Waals surface area (Å²) < 4.78 is 27.7. The zero-order valence-corrected chi connectivity index (χ0v) is 14.8. The van der Waals surface area contributed by atoms with Crippen LogP contribution in [0.1, 0.15) is 27.9 Å². The van der Waals surface area contributed by atoms with Gasteiger partial charge < -0.3 is 10.4 Å². The van der Waals surface area contributed by atoms with Crippen molar-refractivity contribution < 1.29 is 18.3 Å². The summed E-state index contributed by atoms with van der Waals surface area (Å²) in [7, 11) is -3.74. The maximum atomic E-state index is 12.6. The number of hydrogen-bond donors (Lipinski definition) is 3. The fourth-order valence-electron chi connectivity index (χ4n) is 2.27. The van der Waals surface area contributed by atoms with E-state index >= 15 is 0 Å². The molecule has 0 saturated carbocycles. The first-order valence-corrected chi connectivity index (χ1v) is 9.45. The van der Waals surface area contributed by atoms with Gasteiger partial charge in [-0.2, -0.15) is 0 Å². The van der Waals surface area contributed by atoms with E-state index in [-0.39, 0.29) is 29.5 Å². The van der Waals surface area contributed by atoms with E-state index in [1.54, 1.807) is 19.1 Å². The quantitative estimate of drug-likeness (QED) is 0.622. The third-order valence-electron chi connectivity index (χ3n) is 3.67. The molecule has 2 aromatic carbocycles. The van der Waals surface area contributed by atoms with Crippen molar-refractivity contribution in [2.45, 2.75) is 24.8 Å². The molecule has 0 fully saturated rings. The third kappa shape index (κ3) is 5.38. The highest BCUT2D eigenvalue weighted by atomic mass is 32.2. The number of sulfonamides is 1. The summed E-state index contributed by atoms with van der Waals surface area (Å²) in [5.41, 5.74) is 1.68. The van der Waals surface area contributed by atoms with Crippen LogP contribution in [0.3, 0.4) is 0 Å². The normalized spacial score (nSPS) is 11.3. The van der Waals surface area contributed by atoms with Crippen molar-refractivity contribution >= 4 is 15.9 Å². The molecule has 3 N–H and O–H groups in total. The number of benzene rings is 2. The molecule has 0 radical (unpaired) electrons. The van der Waals surface area contributed by atoms with Crippen molar-refractivity contribution in [3.8, 4) is 0 Å². The Morgan fingerprint density at radius 3 is 2.52 bits per heavy atom. The predicted molar refractivity (Wildman–Crippen MR) is 95.7 cm³/mol. The molecule has 6 nitrogen and oxygen atoms in total. The maximum absolute atomic E-state index is 12.6. The van der Waals surface area contributed by atoms with Crippen LogP contribution in [0, 0.1) is 6.92 Å². The number of aliphatic hydroxyl groups is 1. The van der Waals surface area contributed by atoms with Gasteiger partial charge in [-0.15, -0.1) is 0 Å². The van der Waals surface area contributed by atoms with E-state index in [1.165, 1.54) is 6.07 Å². The molecule has 0 unspecified atom stereocenters. The van der Waals surface area contributed by atoms with Gasteiger partial charge in [-0.05, 0) is 36.6 Å². The summed E-state index contributed by atoms with van der Waals surface area (Å²) in [6, 6.07) is 13.8. The summed E-state index contributed by atoms with van der Waals surface area (Å²) in [4.78, 5) is 12.2. The Bertz CT molecular complexity index is 820. The van der Waals surface area contributed by atoms with Gasteiger partial charge in [0, 0.05) is 25.3 Å². The first kappa shape index (κ1) is 19.1. The number of carbonyl (C=O) groups is 1. The van der Waals surface area contributed by atoms with Gasteiger partial charge >= 0.3 is 0 Å². The van der Waals surface area contributed by atoms with Crippen LogP contribution < -0.4 is 10.0 Å². The number of aliphatic hydroxyl groups excluding tert-OH is 1. The summed E-state index contributed by atoms with van der Waals surface area (Å²) in [6.45, 7) is 2.18. The number of carbonyl (C=O) groups excluding carboxylic acids is 1. The zero-order chi connectivity index (χ0) is 18.3. The van der Waals surface area contributed by atoms with Crippen molar-refractivity contribution in [3.63, 3.8) is 0 Å². The molecule has 134 valence electrons. The Hall–Kier alpha value is -2.22. The smallest absolute Gasteiger partial charge is 0.251 e. The van der Waals surface area contributed by atoms with Crippen LogP contribution in [0.5, 0.6) is 0 Å². The van der Waals surface area contributed by atoms with E-state index in [0.717, 1.165) is 5.56 Å². The second-order valence-corrected chi connectivity index (χ2v) is 7.36. The van der Waals surface area contributed by atoms with Crippen molar-refractivity contribution in [2.24, 2.45) is 0 Å². The van der Waals surface area contributed by atoms with Crippen molar-refractivity contribution in [1.29, 1.82) is 0 Å². The first-order valence-electron chi connectivity index (χ1n) is 7.97. The molecule has 0 aliphatic heterocycles. The summed E-state index contributed by atoms with van der Waals surface area (Å²) in [5, 5.41) is 11.4. The van der Waals surface area contributed by atoms with Gasteiger partial charge in [0.05, 0.1) is 4.90 Å². The second-order valence-electron chi connectivity index (χ2n) is 5.62.